The summed E-state index contributed by atoms with van der Waals surface area (Å²) in [5.74, 6) is -1.51. The van der Waals surface area contributed by atoms with Crippen LogP contribution in [0.1, 0.15) is 29.5 Å². The minimum Gasteiger partial charge on any atom is -0.504 e. The van der Waals surface area contributed by atoms with Crippen molar-refractivity contribution in [2.24, 2.45) is 0 Å². The molecule has 7 heteroatoms. The van der Waals surface area contributed by atoms with E-state index in [4.69, 9.17) is 5.11 Å². The highest BCUT2D eigenvalue weighted by Crippen LogP contribution is 2.32. The summed E-state index contributed by atoms with van der Waals surface area (Å²) in [4.78, 5) is 25.1. The molecule has 0 fully saturated rings. The Morgan fingerprint density at radius 1 is 0.871 bits per heavy atom. The quantitative estimate of drug-likeness (QED) is 0.281. The second-order valence-electron chi connectivity index (χ2n) is 7.51. The van der Waals surface area contributed by atoms with Crippen molar-refractivity contribution < 1.29 is 24.9 Å². The van der Waals surface area contributed by atoms with Crippen molar-refractivity contribution >= 4 is 11.9 Å². The first kappa shape index (κ1) is 21.9. The van der Waals surface area contributed by atoms with Crippen molar-refractivity contribution in [1.82, 2.24) is 10.9 Å². The molecule has 7 nitrogen and oxygen atoms in total. The Morgan fingerprint density at radius 3 is 1.90 bits per heavy atom. The number of Topliss-reactive ketones (excluding diaryl/α,β-unsaturated/α-hetero) is 1. The van der Waals surface area contributed by atoms with E-state index < -0.39 is 17.6 Å². The monoisotopic (exact) mass is 420 g/mol. The maximum absolute atomic E-state index is 13.9. The standard InChI is InChI=1S/C24H24N2O5/c1-24(26-25-23(30)31,15-16-12-13-19(27)20(28)14-16)22(29)21(17-8-4-2-5-9-17)18-10-6-3-7-11-18/h2-14,21,25-28H,15H2,1H3,(H,30,31)/t24-/m0/s1. The number of nitrogens with one attached hydrogen (secondary N) is 2. The second-order valence-corrected chi connectivity index (χ2v) is 7.51. The van der Waals surface area contributed by atoms with E-state index in [0.29, 0.717) is 5.56 Å². The highest BCUT2D eigenvalue weighted by molar-refractivity contribution is 5.97. The van der Waals surface area contributed by atoms with Crippen LogP contribution in [-0.4, -0.2) is 32.7 Å². The fourth-order valence-corrected chi connectivity index (χ4v) is 3.58. The molecule has 0 aliphatic rings. The van der Waals surface area contributed by atoms with Gasteiger partial charge in [0.05, 0.1) is 11.5 Å². The molecule has 1 amide bonds. The van der Waals surface area contributed by atoms with Gasteiger partial charge in [-0.15, -0.1) is 0 Å². The summed E-state index contributed by atoms with van der Waals surface area (Å²) in [5.41, 5.74) is 5.49. The number of hydrazine groups is 1. The lowest BCUT2D eigenvalue weighted by Gasteiger charge is -2.33. The van der Waals surface area contributed by atoms with Gasteiger partial charge in [0.15, 0.2) is 17.3 Å². The highest BCUT2D eigenvalue weighted by atomic mass is 16.4. The second kappa shape index (κ2) is 9.32. The van der Waals surface area contributed by atoms with Crippen LogP contribution >= 0.6 is 0 Å². The number of hydrogen-bond donors (Lipinski definition) is 5. The normalized spacial score (nSPS) is 12.8. The number of phenols is 2. The zero-order chi connectivity index (χ0) is 22.4. The first-order valence-electron chi connectivity index (χ1n) is 9.71. The Hall–Kier alpha value is -3.84. The Morgan fingerprint density at radius 2 is 1.42 bits per heavy atom. The Bertz CT molecular complexity index is 1020. The predicted octanol–water partition coefficient (Wildman–Crippen LogP) is 3.57. The number of carbonyl (C=O) groups excluding carboxylic acids is 1. The van der Waals surface area contributed by atoms with Crippen LogP contribution in [0.25, 0.3) is 0 Å². The van der Waals surface area contributed by atoms with Crippen LogP contribution in [0.3, 0.4) is 0 Å². The summed E-state index contributed by atoms with van der Waals surface area (Å²) >= 11 is 0. The van der Waals surface area contributed by atoms with E-state index in [1.54, 1.807) is 13.0 Å². The SMILES string of the molecule is C[C@@](Cc1ccc(O)c(O)c1)(NNC(=O)O)C(=O)C(c1ccccc1)c1ccccc1. The average Bonchev–Trinajstić information content (AvgIpc) is 2.76. The van der Waals surface area contributed by atoms with Gasteiger partial charge in [-0.25, -0.2) is 10.2 Å². The molecule has 0 aliphatic heterocycles. The molecule has 3 aromatic rings. The Balaban J connectivity index is 2.05. The molecular formula is C24H24N2O5. The number of phenolic OH excluding ortho intramolecular Hbond substituents is 2. The average molecular weight is 420 g/mol. The minimum absolute atomic E-state index is 0.0656. The van der Waals surface area contributed by atoms with Crippen molar-refractivity contribution in [3.63, 3.8) is 0 Å². The topological polar surface area (TPSA) is 119 Å². The van der Waals surface area contributed by atoms with E-state index in [1.807, 2.05) is 60.7 Å². The third-order valence-electron chi connectivity index (χ3n) is 5.11. The Kier molecular flexibility index (Phi) is 6.57. The van der Waals surface area contributed by atoms with Crippen LogP contribution in [0.4, 0.5) is 4.79 Å². The number of ketones is 1. The van der Waals surface area contributed by atoms with Gasteiger partial charge >= 0.3 is 6.09 Å². The molecule has 0 aliphatic carbocycles. The van der Waals surface area contributed by atoms with Crippen molar-refractivity contribution in [3.05, 3.63) is 95.6 Å². The number of benzene rings is 3. The van der Waals surface area contributed by atoms with Crippen LogP contribution in [-0.2, 0) is 11.2 Å². The molecule has 0 spiro atoms. The summed E-state index contributed by atoms with van der Waals surface area (Å²) in [6.07, 6.45) is -1.26. The van der Waals surface area contributed by atoms with Gasteiger partial charge in [0.25, 0.3) is 0 Å². The summed E-state index contributed by atoms with van der Waals surface area (Å²) in [5, 5.41) is 28.6. The maximum Gasteiger partial charge on any atom is 0.419 e. The minimum atomic E-state index is -1.36. The van der Waals surface area contributed by atoms with Crippen molar-refractivity contribution in [2.75, 3.05) is 0 Å². The molecule has 5 N–H and O–H groups in total. The van der Waals surface area contributed by atoms with Crippen molar-refractivity contribution in [2.45, 2.75) is 24.8 Å². The van der Waals surface area contributed by atoms with Crippen LogP contribution in [0, 0.1) is 0 Å². The number of amides is 1. The lowest BCUT2D eigenvalue weighted by atomic mass is 9.77. The third kappa shape index (κ3) is 5.21. The van der Waals surface area contributed by atoms with Crippen molar-refractivity contribution in [1.29, 1.82) is 0 Å². The molecule has 1 atom stereocenters. The van der Waals surface area contributed by atoms with Crippen LogP contribution in [0.5, 0.6) is 11.5 Å². The Labute approximate surface area is 180 Å². The first-order valence-corrected chi connectivity index (χ1v) is 9.71. The third-order valence-corrected chi connectivity index (χ3v) is 5.11. The summed E-state index contributed by atoms with van der Waals surface area (Å²) in [6.45, 7) is 1.61. The lowest BCUT2D eigenvalue weighted by Crippen LogP contribution is -2.59. The van der Waals surface area contributed by atoms with Crippen LogP contribution in [0.2, 0.25) is 0 Å². The molecule has 0 saturated carbocycles. The smallest absolute Gasteiger partial charge is 0.419 e. The molecule has 0 aromatic heterocycles. The number of hydrogen-bond acceptors (Lipinski definition) is 5. The van der Waals surface area contributed by atoms with E-state index in [0.717, 1.165) is 11.1 Å². The lowest BCUT2D eigenvalue weighted by molar-refractivity contribution is -0.125. The summed E-state index contributed by atoms with van der Waals surface area (Å²) < 4.78 is 0. The van der Waals surface area contributed by atoms with Crippen LogP contribution in [0.15, 0.2) is 78.9 Å². The van der Waals surface area contributed by atoms with Crippen molar-refractivity contribution in [3.8, 4) is 11.5 Å². The summed E-state index contributed by atoms with van der Waals surface area (Å²) in [7, 11) is 0. The molecule has 3 aromatic carbocycles. The number of rotatable bonds is 8. The summed E-state index contributed by atoms with van der Waals surface area (Å²) in [6, 6.07) is 22.8. The van der Waals surface area contributed by atoms with E-state index in [-0.39, 0.29) is 23.7 Å². The predicted molar refractivity (Wildman–Crippen MR) is 116 cm³/mol. The van der Waals surface area contributed by atoms with Gasteiger partial charge in [0.2, 0.25) is 0 Å². The van der Waals surface area contributed by atoms with Gasteiger partial charge in [-0.1, -0.05) is 66.7 Å². The molecule has 160 valence electrons. The number of carbonyl (C=O) groups is 2. The molecular weight excluding hydrogens is 396 g/mol. The highest BCUT2D eigenvalue weighted by Gasteiger charge is 2.40. The van der Waals surface area contributed by atoms with Gasteiger partial charge in [-0.05, 0) is 42.2 Å². The number of aromatic hydroxyl groups is 2. The molecule has 0 heterocycles. The van der Waals surface area contributed by atoms with Gasteiger partial charge in [0.1, 0.15) is 0 Å². The molecule has 3 rings (SSSR count). The van der Waals surface area contributed by atoms with Gasteiger partial charge in [-0.3, -0.25) is 10.2 Å². The zero-order valence-electron chi connectivity index (χ0n) is 16.9. The molecule has 31 heavy (non-hydrogen) atoms. The largest absolute Gasteiger partial charge is 0.504 e. The van der Waals surface area contributed by atoms with Gasteiger partial charge < -0.3 is 15.3 Å². The van der Waals surface area contributed by atoms with Gasteiger partial charge in [-0.2, -0.15) is 0 Å². The maximum atomic E-state index is 13.9. The molecule has 0 radical (unpaired) electrons. The molecule has 0 bridgehead atoms. The van der Waals surface area contributed by atoms with E-state index in [2.05, 4.69) is 10.9 Å². The first-order chi connectivity index (χ1) is 14.8. The fourth-order valence-electron chi connectivity index (χ4n) is 3.58. The molecule has 0 saturated heterocycles. The van der Waals surface area contributed by atoms with E-state index in [9.17, 15) is 19.8 Å². The fraction of sp³-hybridized carbons (Fsp3) is 0.167. The molecule has 0 unspecified atom stereocenters. The van der Waals surface area contributed by atoms with E-state index >= 15 is 0 Å². The van der Waals surface area contributed by atoms with Gasteiger partial charge in [0, 0.05) is 0 Å². The number of carboxylic acid groups (broad SMARTS) is 1. The zero-order valence-corrected chi connectivity index (χ0v) is 16.9. The van der Waals surface area contributed by atoms with Crippen LogP contribution < -0.4 is 10.9 Å². The van der Waals surface area contributed by atoms with E-state index in [1.165, 1.54) is 12.1 Å².